The van der Waals surface area contributed by atoms with Gasteiger partial charge in [0.15, 0.2) is 0 Å². The Morgan fingerprint density at radius 2 is 1.84 bits per heavy atom. The maximum absolute atomic E-state index is 12.3. The average molecular weight is 339 g/mol. The fraction of sp³-hybridized carbons (Fsp3) is 0.118. The van der Waals surface area contributed by atoms with Crippen LogP contribution in [0.25, 0.3) is 0 Å². The average Bonchev–Trinajstić information content (AvgIpc) is 2.62. The first-order chi connectivity index (χ1) is 11.9. The minimum absolute atomic E-state index is 0.0541. The molecule has 0 radical (unpaired) electrons. The maximum atomic E-state index is 12.3. The Labute approximate surface area is 142 Å². The number of nitrogens with one attached hydrogen (secondary N) is 1. The van der Waals surface area contributed by atoms with Gasteiger partial charge in [-0.3, -0.25) is 14.9 Å². The van der Waals surface area contributed by atoms with Crippen molar-refractivity contribution in [1.29, 1.82) is 5.26 Å². The van der Waals surface area contributed by atoms with Gasteiger partial charge in [0, 0.05) is 23.4 Å². The fourth-order valence-corrected chi connectivity index (χ4v) is 2.01. The Kier molecular flexibility index (Phi) is 5.43. The second kappa shape index (κ2) is 7.70. The van der Waals surface area contributed by atoms with Crippen LogP contribution in [-0.2, 0) is 4.74 Å². The van der Waals surface area contributed by atoms with Gasteiger partial charge in [-0.15, -0.1) is 0 Å². The van der Waals surface area contributed by atoms with Gasteiger partial charge in [-0.05, 0) is 37.3 Å². The first kappa shape index (κ1) is 17.6. The van der Waals surface area contributed by atoms with Gasteiger partial charge in [0.2, 0.25) is 0 Å². The van der Waals surface area contributed by atoms with E-state index in [0.29, 0.717) is 11.3 Å². The van der Waals surface area contributed by atoms with Crippen LogP contribution < -0.4 is 5.32 Å². The third-order valence-corrected chi connectivity index (χ3v) is 3.17. The van der Waals surface area contributed by atoms with E-state index in [2.05, 4.69) is 5.32 Å². The van der Waals surface area contributed by atoms with Crippen LogP contribution >= 0.6 is 0 Å². The SMILES string of the molecule is CCOC(=O)c1cc(C(=O)Nc2ccc(C#N)cc2)cc([N+](=O)[O-])c1. The van der Waals surface area contributed by atoms with E-state index >= 15 is 0 Å². The van der Waals surface area contributed by atoms with E-state index in [0.717, 1.165) is 12.1 Å². The normalized spacial score (nSPS) is 9.76. The van der Waals surface area contributed by atoms with Crippen LogP contribution in [0.4, 0.5) is 11.4 Å². The highest BCUT2D eigenvalue weighted by Gasteiger charge is 2.18. The highest BCUT2D eigenvalue weighted by Crippen LogP contribution is 2.20. The quantitative estimate of drug-likeness (QED) is 0.507. The lowest BCUT2D eigenvalue weighted by atomic mass is 10.1. The highest BCUT2D eigenvalue weighted by atomic mass is 16.6. The van der Waals surface area contributed by atoms with Crippen LogP contribution in [-0.4, -0.2) is 23.4 Å². The Bertz CT molecular complexity index is 869. The van der Waals surface area contributed by atoms with Crippen molar-refractivity contribution in [2.75, 3.05) is 11.9 Å². The number of nitrogens with zero attached hydrogens (tertiary/aromatic N) is 2. The van der Waals surface area contributed by atoms with E-state index < -0.39 is 22.5 Å². The third-order valence-electron chi connectivity index (χ3n) is 3.17. The van der Waals surface area contributed by atoms with Gasteiger partial charge in [0.1, 0.15) is 0 Å². The van der Waals surface area contributed by atoms with Crippen molar-refractivity contribution in [3.05, 3.63) is 69.3 Å². The van der Waals surface area contributed by atoms with Crippen molar-refractivity contribution < 1.29 is 19.2 Å². The summed E-state index contributed by atoms with van der Waals surface area (Å²) in [4.78, 5) is 34.5. The molecule has 1 amide bonds. The van der Waals surface area contributed by atoms with Crippen LogP contribution in [0.15, 0.2) is 42.5 Å². The van der Waals surface area contributed by atoms with Crippen molar-refractivity contribution in [3.8, 4) is 6.07 Å². The highest BCUT2D eigenvalue weighted by molar-refractivity contribution is 6.06. The van der Waals surface area contributed by atoms with Crippen LogP contribution in [0, 0.1) is 21.4 Å². The summed E-state index contributed by atoms with van der Waals surface area (Å²) in [5, 5.41) is 22.3. The van der Waals surface area contributed by atoms with Gasteiger partial charge >= 0.3 is 5.97 Å². The summed E-state index contributed by atoms with van der Waals surface area (Å²) in [5.74, 6) is -1.38. The molecule has 0 aliphatic rings. The summed E-state index contributed by atoms with van der Waals surface area (Å²) < 4.78 is 4.82. The van der Waals surface area contributed by atoms with Crippen molar-refractivity contribution in [2.24, 2.45) is 0 Å². The zero-order valence-corrected chi connectivity index (χ0v) is 13.2. The molecule has 0 aliphatic carbocycles. The van der Waals surface area contributed by atoms with Crippen molar-refractivity contribution in [1.82, 2.24) is 0 Å². The van der Waals surface area contributed by atoms with Gasteiger partial charge in [-0.25, -0.2) is 4.79 Å². The topological polar surface area (TPSA) is 122 Å². The number of carbonyl (C=O) groups is 2. The van der Waals surface area contributed by atoms with Crippen LogP contribution in [0.5, 0.6) is 0 Å². The van der Waals surface area contributed by atoms with E-state index in [1.165, 1.54) is 30.3 Å². The molecular formula is C17H13N3O5. The number of nitriles is 1. The lowest BCUT2D eigenvalue weighted by Gasteiger charge is -2.07. The third kappa shape index (κ3) is 4.39. The number of hydrogen-bond donors (Lipinski definition) is 1. The van der Waals surface area contributed by atoms with Crippen molar-refractivity contribution >= 4 is 23.3 Å². The molecule has 8 heteroatoms. The summed E-state index contributed by atoms with van der Waals surface area (Å²) in [6.07, 6.45) is 0. The van der Waals surface area contributed by atoms with Gasteiger partial charge < -0.3 is 10.1 Å². The molecule has 0 spiro atoms. The number of anilines is 1. The minimum Gasteiger partial charge on any atom is -0.462 e. The first-order valence-electron chi connectivity index (χ1n) is 7.22. The van der Waals surface area contributed by atoms with E-state index in [4.69, 9.17) is 10.00 Å². The molecule has 0 aliphatic heterocycles. The number of nitro groups is 1. The number of non-ortho nitro benzene ring substituents is 1. The van der Waals surface area contributed by atoms with E-state index in [-0.39, 0.29) is 17.7 Å². The van der Waals surface area contributed by atoms with Crippen LogP contribution in [0.2, 0.25) is 0 Å². The van der Waals surface area contributed by atoms with Gasteiger partial charge in [-0.2, -0.15) is 5.26 Å². The monoisotopic (exact) mass is 339 g/mol. The Balaban J connectivity index is 2.32. The second-order valence-electron chi connectivity index (χ2n) is 4.89. The fourth-order valence-electron chi connectivity index (χ4n) is 2.01. The number of carbonyl (C=O) groups excluding carboxylic acids is 2. The van der Waals surface area contributed by atoms with Gasteiger partial charge in [0.05, 0.1) is 28.7 Å². The number of esters is 1. The molecule has 8 nitrogen and oxygen atoms in total. The Hall–Kier alpha value is -3.73. The van der Waals surface area contributed by atoms with E-state index in [1.54, 1.807) is 6.92 Å². The molecule has 1 N–H and O–H groups in total. The molecule has 126 valence electrons. The van der Waals surface area contributed by atoms with E-state index in [1.807, 2.05) is 6.07 Å². The Morgan fingerprint density at radius 1 is 1.20 bits per heavy atom. The number of rotatable bonds is 5. The largest absolute Gasteiger partial charge is 0.462 e. The number of hydrogen-bond acceptors (Lipinski definition) is 6. The summed E-state index contributed by atoms with van der Waals surface area (Å²) >= 11 is 0. The second-order valence-corrected chi connectivity index (χ2v) is 4.89. The lowest BCUT2D eigenvalue weighted by molar-refractivity contribution is -0.384. The summed E-state index contributed by atoms with van der Waals surface area (Å²) in [6, 6.07) is 11.4. The summed E-state index contributed by atoms with van der Waals surface area (Å²) in [5.41, 5.74) is 0.310. The molecule has 0 fully saturated rings. The molecule has 2 rings (SSSR count). The molecule has 2 aromatic rings. The maximum Gasteiger partial charge on any atom is 0.338 e. The smallest absolute Gasteiger partial charge is 0.338 e. The zero-order valence-electron chi connectivity index (χ0n) is 13.2. The van der Waals surface area contributed by atoms with Crippen LogP contribution in [0.3, 0.4) is 0 Å². The first-order valence-corrected chi connectivity index (χ1v) is 7.22. The predicted molar refractivity (Wildman–Crippen MR) is 88.2 cm³/mol. The van der Waals surface area contributed by atoms with Gasteiger partial charge in [-0.1, -0.05) is 0 Å². The molecule has 0 unspecified atom stereocenters. The molecule has 2 aromatic carbocycles. The molecule has 0 saturated carbocycles. The van der Waals surface area contributed by atoms with E-state index in [9.17, 15) is 19.7 Å². The summed E-state index contributed by atoms with van der Waals surface area (Å²) in [6.45, 7) is 1.71. The summed E-state index contributed by atoms with van der Waals surface area (Å²) in [7, 11) is 0. The molecule has 0 atom stereocenters. The molecular weight excluding hydrogens is 326 g/mol. The molecule has 0 heterocycles. The number of benzene rings is 2. The van der Waals surface area contributed by atoms with Crippen molar-refractivity contribution in [3.63, 3.8) is 0 Å². The number of amides is 1. The molecule has 25 heavy (non-hydrogen) atoms. The van der Waals surface area contributed by atoms with Crippen molar-refractivity contribution in [2.45, 2.75) is 6.92 Å². The number of nitro benzene ring substituents is 1. The number of ether oxygens (including phenoxy) is 1. The van der Waals surface area contributed by atoms with Gasteiger partial charge in [0.25, 0.3) is 11.6 Å². The standard InChI is InChI=1S/C17H13N3O5/c1-2-25-17(22)13-7-12(8-15(9-13)20(23)24)16(21)19-14-5-3-11(10-18)4-6-14/h3-9H,2H2,1H3,(H,19,21). The zero-order chi connectivity index (χ0) is 18.4. The minimum atomic E-state index is -0.751. The molecule has 0 saturated heterocycles. The lowest BCUT2D eigenvalue weighted by Crippen LogP contribution is -2.14. The predicted octanol–water partition coefficient (Wildman–Crippen LogP) is 2.90. The molecule has 0 bridgehead atoms. The molecule has 0 aromatic heterocycles. The Morgan fingerprint density at radius 3 is 2.40 bits per heavy atom. The van der Waals surface area contributed by atoms with Crippen LogP contribution in [0.1, 0.15) is 33.2 Å².